The number of carbonyl (C=O) groups excluding carboxylic acids is 1. The second-order valence-corrected chi connectivity index (χ2v) is 5.31. The molecular formula is C19H17N3O4. The molecule has 0 aliphatic carbocycles. The van der Waals surface area contributed by atoms with Crippen molar-refractivity contribution in [2.24, 2.45) is 0 Å². The Labute approximate surface area is 150 Å². The van der Waals surface area contributed by atoms with E-state index >= 15 is 0 Å². The van der Waals surface area contributed by atoms with E-state index < -0.39 is 4.92 Å². The summed E-state index contributed by atoms with van der Waals surface area (Å²) < 4.78 is 5.51. The fourth-order valence-corrected chi connectivity index (χ4v) is 2.07. The lowest BCUT2D eigenvalue weighted by Gasteiger charge is -2.07. The molecule has 0 aliphatic heterocycles. The van der Waals surface area contributed by atoms with Crippen LogP contribution in [0.5, 0.6) is 5.75 Å². The first kappa shape index (κ1) is 18.7. The molecule has 2 rings (SSSR count). The van der Waals surface area contributed by atoms with E-state index in [1.807, 2.05) is 6.07 Å². The molecule has 0 unspecified atom stereocenters. The van der Waals surface area contributed by atoms with Crippen LogP contribution in [0.25, 0.3) is 6.08 Å². The second-order valence-electron chi connectivity index (χ2n) is 5.31. The average Bonchev–Trinajstić information content (AvgIpc) is 2.64. The van der Waals surface area contributed by atoms with E-state index in [2.05, 4.69) is 5.32 Å². The number of benzene rings is 2. The first-order valence-electron chi connectivity index (χ1n) is 7.92. The van der Waals surface area contributed by atoms with Crippen LogP contribution in [0.3, 0.4) is 0 Å². The molecule has 0 radical (unpaired) electrons. The summed E-state index contributed by atoms with van der Waals surface area (Å²) in [6, 6.07) is 14.9. The first-order chi connectivity index (χ1) is 12.6. The number of anilines is 1. The van der Waals surface area contributed by atoms with Crippen molar-refractivity contribution >= 4 is 23.4 Å². The largest absolute Gasteiger partial charge is 0.493 e. The Morgan fingerprint density at radius 2 is 2.04 bits per heavy atom. The maximum atomic E-state index is 12.0. The number of nitro groups is 1. The number of rotatable bonds is 8. The number of nitrogens with zero attached hydrogens (tertiary/aromatic N) is 2. The monoisotopic (exact) mass is 351 g/mol. The van der Waals surface area contributed by atoms with Crippen molar-refractivity contribution in [3.8, 4) is 11.8 Å². The van der Waals surface area contributed by atoms with Gasteiger partial charge in [0.2, 0.25) is 5.91 Å². The van der Waals surface area contributed by atoms with Gasteiger partial charge >= 0.3 is 0 Å². The number of amides is 1. The predicted octanol–water partition coefficient (Wildman–Crippen LogP) is 3.93. The van der Waals surface area contributed by atoms with Gasteiger partial charge in [-0.05, 0) is 42.3 Å². The number of carbonyl (C=O) groups is 1. The lowest BCUT2D eigenvalue weighted by Crippen LogP contribution is -2.08. The van der Waals surface area contributed by atoms with Gasteiger partial charge in [0.25, 0.3) is 5.69 Å². The predicted molar refractivity (Wildman–Crippen MR) is 97.5 cm³/mol. The third-order valence-electron chi connectivity index (χ3n) is 3.33. The summed E-state index contributed by atoms with van der Waals surface area (Å²) >= 11 is 0. The molecule has 0 fully saturated rings. The third kappa shape index (κ3) is 6.09. The molecule has 2 aromatic rings. The van der Waals surface area contributed by atoms with E-state index in [9.17, 15) is 14.9 Å². The third-order valence-corrected chi connectivity index (χ3v) is 3.33. The van der Waals surface area contributed by atoms with Crippen molar-refractivity contribution in [2.45, 2.75) is 12.8 Å². The number of unbranched alkanes of at least 4 members (excludes halogenated alkanes) is 1. The summed E-state index contributed by atoms with van der Waals surface area (Å²) in [6.45, 7) is 0.436. The molecule has 0 saturated carbocycles. The molecule has 0 bridgehead atoms. The maximum absolute atomic E-state index is 12.0. The normalized spacial score (nSPS) is 10.3. The Morgan fingerprint density at radius 3 is 2.73 bits per heavy atom. The molecule has 7 heteroatoms. The molecule has 26 heavy (non-hydrogen) atoms. The van der Waals surface area contributed by atoms with Crippen LogP contribution in [-0.4, -0.2) is 17.4 Å². The van der Waals surface area contributed by atoms with Crippen molar-refractivity contribution < 1.29 is 14.5 Å². The van der Waals surface area contributed by atoms with Gasteiger partial charge in [0.05, 0.1) is 17.6 Å². The molecule has 0 aliphatic rings. The molecule has 132 valence electrons. The minimum absolute atomic E-state index is 0.00168. The van der Waals surface area contributed by atoms with Gasteiger partial charge in [0.1, 0.15) is 5.75 Å². The Morgan fingerprint density at radius 1 is 1.27 bits per heavy atom. The topological polar surface area (TPSA) is 105 Å². The van der Waals surface area contributed by atoms with Crippen LogP contribution in [-0.2, 0) is 4.79 Å². The number of non-ortho nitro benzene ring substituents is 1. The molecule has 0 spiro atoms. The summed E-state index contributed by atoms with van der Waals surface area (Å²) in [5, 5.41) is 21.8. The fourth-order valence-electron chi connectivity index (χ4n) is 2.07. The highest BCUT2D eigenvalue weighted by molar-refractivity contribution is 6.02. The molecule has 0 atom stereocenters. The Kier molecular flexibility index (Phi) is 6.89. The SMILES string of the molecule is N#CCCCOc1cccc(NC(=O)/C=C/c2ccc([N+](=O)[O-])cc2)c1. The van der Waals surface area contributed by atoms with Crippen LogP contribution in [0.15, 0.2) is 54.6 Å². The Bertz CT molecular complexity index is 839. The molecule has 2 aromatic carbocycles. The van der Waals surface area contributed by atoms with E-state index in [-0.39, 0.29) is 11.6 Å². The number of nitrogens with one attached hydrogen (secondary N) is 1. The lowest BCUT2D eigenvalue weighted by molar-refractivity contribution is -0.384. The summed E-state index contributed by atoms with van der Waals surface area (Å²) in [6.07, 6.45) is 4.00. The Hall–Kier alpha value is -3.66. The van der Waals surface area contributed by atoms with Crippen molar-refractivity contribution in [2.75, 3.05) is 11.9 Å². The van der Waals surface area contributed by atoms with E-state index in [1.54, 1.807) is 42.5 Å². The molecule has 0 heterocycles. The minimum atomic E-state index is -0.477. The fraction of sp³-hybridized carbons (Fsp3) is 0.158. The van der Waals surface area contributed by atoms with Crippen molar-refractivity contribution in [3.05, 3.63) is 70.3 Å². The van der Waals surface area contributed by atoms with E-state index in [0.29, 0.717) is 36.4 Å². The number of nitro benzene ring substituents is 1. The van der Waals surface area contributed by atoms with Crippen molar-refractivity contribution in [1.82, 2.24) is 0 Å². The van der Waals surface area contributed by atoms with Gasteiger partial charge in [0.15, 0.2) is 0 Å². The molecule has 1 amide bonds. The van der Waals surface area contributed by atoms with Crippen LogP contribution in [0.1, 0.15) is 18.4 Å². The van der Waals surface area contributed by atoms with E-state index in [0.717, 1.165) is 0 Å². The van der Waals surface area contributed by atoms with Gasteiger partial charge in [0, 0.05) is 36.4 Å². The zero-order chi connectivity index (χ0) is 18.8. The number of hydrogen-bond acceptors (Lipinski definition) is 5. The van der Waals surface area contributed by atoms with Gasteiger partial charge in [-0.3, -0.25) is 14.9 Å². The Balaban J connectivity index is 1.90. The summed E-state index contributed by atoms with van der Waals surface area (Å²) in [7, 11) is 0. The minimum Gasteiger partial charge on any atom is -0.493 e. The van der Waals surface area contributed by atoms with Gasteiger partial charge in [-0.1, -0.05) is 6.07 Å². The standard InChI is InChI=1S/C19H17N3O4/c20-12-1-2-13-26-18-5-3-4-16(14-18)21-19(23)11-8-15-6-9-17(10-7-15)22(24)25/h3-11,14H,1-2,13H2,(H,21,23)/b11-8+. The first-order valence-corrected chi connectivity index (χ1v) is 7.92. The van der Waals surface area contributed by atoms with Crippen LogP contribution in [0, 0.1) is 21.4 Å². The molecule has 7 nitrogen and oxygen atoms in total. The molecule has 1 N–H and O–H groups in total. The molecule has 0 aromatic heterocycles. The van der Waals surface area contributed by atoms with Crippen LogP contribution >= 0.6 is 0 Å². The highest BCUT2D eigenvalue weighted by atomic mass is 16.6. The molecular weight excluding hydrogens is 334 g/mol. The average molecular weight is 351 g/mol. The number of nitriles is 1. The van der Waals surface area contributed by atoms with E-state index in [4.69, 9.17) is 10.00 Å². The number of hydrogen-bond donors (Lipinski definition) is 1. The zero-order valence-corrected chi connectivity index (χ0v) is 13.9. The van der Waals surface area contributed by atoms with Gasteiger partial charge < -0.3 is 10.1 Å². The summed E-state index contributed by atoms with van der Waals surface area (Å²) in [4.78, 5) is 22.1. The zero-order valence-electron chi connectivity index (χ0n) is 13.9. The van der Waals surface area contributed by atoms with Crippen LogP contribution in [0.4, 0.5) is 11.4 Å². The van der Waals surface area contributed by atoms with Gasteiger partial charge in [-0.2, -0.15) is 5.26 Å². The van der Waals surface area contributed by atoms with Crippen LogP contribution < -0.4 is 10.1 Å². The van der Waals surface area contributed by atoms with E-state index in [1.165, 1.54) is 18.2 Å². The number of ether oxygens (including phenoxy) is 1. The van der Waals surface area contributed by atoms with Gasteiger partial charge in [-0.15, -0.1) is 0 Å². The van der Waals surface area contributed by atoms with Crippen molar-refractivity contribution in [1.29, 1.82) is 5.26 Å². The smallest absolute Gasteiger partial charge is 0.269 e. The lowest BCUT2D eigenvalue weighted by atomic mass is 10.2. The summed E-state index contributed by atoms with van der Waals surface area (Å²) in [5.41, 5.74) is 1.26. The maximum Gasteiger partial charge on any atom is 0.269 e. The highest BCUT2D eigenvalue weighted by Gasteiger charge is 2.03. The highest BCUT2D eigenvalue weighted by Crippen LogP contribution is 2.18. The van der Waals surface area contributed by atoms with Crippen LogP contribution in [0.2, 0.25) is 0 Å². The quantitative estimate of drug-likeness (QED) is 0.336. The molecule has 0 saturated heterocycles. The van der Waals surface area contributed by atoms with Crippen molar-refractivity contribution in [3.63, 3.8) is 0 Å². The van der Waals surface area contributed by atoms with Gasteiger partial charge in [-0.25, -0.2) is 0 Å². The summed E-state index contributed by atoms with van der Waals surface area (Å²) in [5.74, 6) is 0.282. The second kappa shape index (κ2) is 9.59.